The van der Waals surface area contributed by atoms with Gasteiger partial charge in [0, 0.05) is 35.8 Å². The number of aromatic amines is 1. The topological polar surface area (TPSA) is 156 Å². The number of aromatic nitrogens is 2. The zero-order valence-corrected chi connectivity index (χ0v) is 24.2. The van der Waals surface area contributed by atoms with Crippen LogP contribution in [0.3, 0.4) is 0 Å². The molecule has 0 radical (unpaired) electrons. The summed E-state index contributed by atoms with van der Waals surface area (Å²) in [7, 11) is -5.53. The smallest absolute Gasteiger partial charge is 0.356 e. The van der Waals surface area contributed by atoms with Gasteiger partial charge in [0.15, 0.2) is 0 Å². The minimum atomic E-state index is -3.49. The van der Waals surface area contributed by atoms with Gasteiger partial charge in [0.25, 0.3) is 14.1 Å². The first-order valence-corrected chi connectivity index (χ1v) is 15.4. The molecular weight excluding hydrogens is 522 g/mol. The maximum absolute atomic E-state index is 13.1. The molecule has 1 aromatic rings. The Balaban J connectivity index is 2.41. The fourth-order valence-corrected chi connectivity index (χ4v) is 7.77. The summed E-state index contributed by atoms with van der Waals surface area (Å²) >= 11 is 0. The normalized spacial score (nSPS) is 21.5. The lowest BCUT2D eigenvalue weighted by Gasteiger charge is -2.47. The van der Waals surface area contributed by atoms with Gasteiger partial charge in [-0.1, -0.05) is 0 Å². The number of nitrogens with one attached hydrogen (secondary N) is 1. The molecule has 2 rings (SSSR count). The van der Waals surface area contributed by atoms with Crippen molar-refractivity contribution in [1.82, 2.24) is 14.2 Å². The number of H-pyrrole nitrogens is 1. The van der Waals surface area contributed by atoms with E-state index in [-0.39, 0.29) is 50.6 Å². The van der Waals surface area contributed by atoms with Crippen LogP contribution in [0.5, 0.6) is 0 Å². The van der Waals surface area contributed by atoms with E-state index < -0.39 is 39.0 Å². The average Bonchev–Trinajstić information content (AvgIpc) is 3.23. The van der Waals surface area contributed by atoms with Gasteiger partial charge < -0.3 is 23.2 Å². The summed E-state index contributed by atoms with van der Waals surface area (Å²) in [5, 5.41) is 8.84. The zero-order chi connectivity index (χ0) is 27.8. The van der Waals surface area contributed by atoms with Crippen LogP contribution in [0.2, 0.25) is 0 Å². The van der Waals surface area contributed by atoms with Gasteiger partial charge in [-0.25, -0.2) is 9.46 Å². The predicted molar refractivity (Wildman–Crippen MR) is 140 cm³/mol. The summed E-state index contributed by atoms with van der Waals surface area (Å²) in [6, 6.07) is 2.87. The quantitative estimate of drug-likeness (QED) is 0.238. The third-order valence-corrected chi connectivity index (χ3v) is 9.94. The molecule has 0 spiro atoms. The van der Waals surface area contributed by atoms with Crippen LogP contribution in [0.25, 0.3) is 0 Å². The van der Waals surface area contributed by atoms with Crippen molar-refractivity contribution >= 4 is 16.1 Å². The number of rotatable bonds is 15. The maximum atomic E-state index is 13.1. The van der Waals surface area contributed by atoms with E-state index in [1.165, 1.54) is 16.8 Å². The number of nitriles is 1. The molecule has 0 saturated heterocycles. The van der Waals surface area contributed by atoms with Gasteiger partial charge >= 0.3 is 13.3 Å². The molecule has 1 aliphatic carbocycles. The molecule has 210 valence electrons. The van der Waals surface area contributed by atoms with E-state index in [0.29, 0.717) is 12.8 Å². The molecule has 2 N–H and O–H groups in total. The fraction of sp³-hybridized carbons (Fsp3) is 0.783. The first kappa shape index (κ1) is 31.8. The molecule has 14 heteroatoms. The third kappa shape index (κ3) is 8.29. The summed E-state index contributed by atoms with van der Waals surface area (Å²) in [6.45, 7) is 11.8. The zero-order valence-electron chi connectivity index (χ0n) is 22.5. The minimum absolute atomic E-state index is 0.101. The Hall–Kier alpha value is -1.41. The summed E-state index contributed by atoms with van der Waals surface area (Å²) < 4.78 is 39.1. The lowest BCUT2D eigenvalue weighted by Crippen LogP contribution is -2.52. The highest BCUT2D eigenvalue weighted by molar-refractivity contribution is 7.53. The van der Waals surface area contributed by atoms with E-state index in [4.69, 9.17) is 23.6 Å². The number of ether oxygens (including phenoxy) is 1. The highest BCUT2D eigenvalue weighted by atomic mass is 31.2. The van der Waals surface area contributed by atoms with Crippen LogP contribution >= 0.6 is 16.1 Å². The first-order chi connectivity index (χ1) is 17.4. The summed E-state index contributed by atoms with van der Waals surface area (Å²) in [4.78, 5) is 37.5. The van der Waals surface area contributed by atoms with E-state index in [2.05, 4.69) is 4.98 Å². The van der Waals surface area contributed by atoms with Crippen LogP contribution in [0, 0.1) is 17.2 Å². The second-order valence-corrected chi connectivity index (χ2v) is 12.8. The Labute approximate surface area is 219 Å². The number of hydrogen-bond donors (Lipinski definition) is 2. The number of nitrogens with zero attached hydrogens (tertiary/aromatic N) is 3. The Morgan fingerprint density at radius 3 is 2.49 bits per heavy atom. The molecule has 1 unspecified atom stereocenters. The molecule has 0 amide bonds. The van der Waals surface area contributed by atoms with Gasteiger partial charge in [0.1, 0.15) is 6.35 Å². The molecule has 1 heterocycles. The van der Waals surface area contributed by atoms with Crippen molar-refractivity contribution in [3.63, 3.8) is 0 Å². The lowest BCUT2D eigenvalue weighted by atomic mass is 9.83. The van der Waals surface area contributed by atoms with Crippen LogP contribution in [0.1, 0.15) is 66.8 Å². The molecule has 1 aliphatic rings. The average molecular weight is 563 g/mol. The monoisotopic (exact) mass is 562 g/mol. The standard InChI is InChI=1S/C23H40N4O8P2/c1-7-34-37(31,35-8-2)16-32-20-15-18(26-12-10-21(28)25-22(26)29)14-19(20)23(5,6)27(17(3)4)36(30)33-13-9-11-24/h10,12,17-20,30H,7-9,13-16H2,1-6H3,(H,25,28,29)/t18-,19-,20+,36?/m1/s1. The molecule has 0 aromatic carbocycles. The van der Waals surface area contributed by atoms with Crippen LogP contribution in [0.4, 0.5) is 0 Å². The van der Waals surface area contributed by atoms with E-state index in [1.54, 1.807) is 13.8 Å². The van der Waals surface area contributed by atoms with Gasteiger partial charge in [0.2, 0.25) is 0 Å². The van der Waals surface area contributed by atoms with E-state index in [1.807, 2.05) is 38.4 Å². The molecule has 37 heavy (non-hydrogen) atoms. The molecule has 4 atom stereocenters. The highest BCUT2D eigenvalue weighted by Gasteiger charge is 2.50. The largest absolute Gasteiger partial charge is 0.365 e. The summed E-state index contributed by atoms with van der Waals surface area (Å²) in [5.41, 5.74) is -1.70. The van der Waals surface area contributed by atoms with Crippen molar-refractivity contribution in [3.05, 3.63) is 33.1 Å². The van der Waals surface area contributed by atoms with Gasteiger partial charge in [0.05, 0.1) is 38.4 Å². The molecular formula is C23H40N4O8P2. The predicted octanol–water partition coefficient (Wildman–Crippen LogP) is 3.73. The Morgan fingerprint density at radius 2 is 1.95 bits per heavy atom. The second kappa shape index (κ2) is 14.1. The van der Waals surface area contributed by atoms with Crippen molar-refractivity contribution in [3.8, 4) is 6.07 Å². The van der Waals surface area contributed by atoms with Crippen molar-refractivity contribution in [2.75, 3.05) is 26.2 Å². The summed E-state index contributed by atoms with van der Waals surface area (Å²) in [6.07, 6.45) is 1.78. The van der Waals surface area contributed by atoms with Crippen molar-refractivity contribution in [1.29, 1.82) is 5.26 Å². The highest BCUT2D eigenvalue weighted by Crippen LogP contribution is 2.54. The SMILES string of the molecule is CCOP(=O)(CO[C@H]1C[C@H](n2ccc(=O)[nH]c2=O)C[C@H]1C(C)(C)N(C(C)C)P(O)OCCC#N)OCC. The van der Waals surface area contributed by atoms with E-state index in [9.17, 15) is 19.0 Å². The van der Waals surface area contributed by atoms with Crippen LogP contribution < -0.4 is 11.2 Å². The van der Waals surface area contributed by atoms with Gasteiger partial charge in [-0.2, -0.15) is 5.26 Å². The van der Waals surface area contributed by atoms with Crippen molar-refractivity contribution in [2.45, 2.75) is 84.5 Å². The third-order valence-electron chi connectivity index (χ3n) is 6.41. The lowest BCUT2D eigenvalue weighted by molar-refractivity contribution is -0.0145. The number of hydrogen-bond acceptors (Lipinski definition) is 10. The van der Waals surface area contributed by atoms with Gasteiger partial charge in [-0.15, -0.1) is 0 Å². The Kier molecular flexibility index (Phi) is 12.1. The molecule has 12 nitrogen and oxygen atoms in total. The molecule has 0 bridgehead atoms. The van der Waals surface area contributed by atoms with Gasteiger partial charge in [-0.3, -0.25) is 18.9 Å². The fourth-order valence-electron chi connectivity index (χ4n) is 5.02. The minimum Gasteiger partial charge on any atom is -0.365 e. The Morgan fingerprint density at radius 1 is 1.30 bits per heavy atom. The van der Waals surface area contributed by atoms with Crippen LogP contribution in [0.15, 0.2) is 21.9 Å². The van der Waals surface area contributed by atoms with Gasteiger partial charge in [-0.05, 0) is 54.4 Å². The molecule has 0 aliphatic heterocycles. The Bertz CT molecular complexity index is 1060. The first-order valence-electron chi connectivity index (χ1n) is 12.5. The van der Waals surface area contributed by atoms with Crippen molar-refractivity contribution < 1.29 is 27.8 Å². The van der Waals surface area contributed by atoms with Crippen molar-refractivity contribution in [2.24, 2.45) is 5.92 Å². The molecule has 1 saturated carbocycles. The van der Waals surface area contributed by atoms with E-state index >= 15 is 0 Å². The summed E-state index contributed by atoms with van der Waals surface area (Å²) in [5.74, 6) is -0.243. The second-order valence-electron chi connectivity index (χ2n) is 9.62. The van der Waals surface area contributed by atoms with Crippen LogP contribution in [-0.2, 0) is 22.9 Å². The molecule has 1 fully saturated rings. The van der Waals surface area contributed by atoms with E-state index in [0.717, 1.165) is 0 Å². The molecule has 1 aromatic heterocycles. The maximum Gasteiger partial charge on any atom is 0.356 e. The van der Waals surface area contributed by atoms with Crippen LogP contribution in [-0.4, -0.2) is 63.0 Å².